The Morgan fingerprint density at radius 2 is 0.926 bits per heavy atom. The van der Waals surface area contributed by atoms with Crippen LogP contribution in [0.1, 0.15) is 0 Å². The molecule has 0 fully saturated rings. The van der Waals surface area contributed by atoms with Crippen LogP contribution < -0.4 is 14.7 Å². The van der Waals surface area contributed by atoms with E-state index in [0.717, 1.165) is 6.29 Å². The summed E-state index contributed by atoms with van der Waals surface area (Å²) < 4.78 is 25.9. The van der Waals surface area contributed by atoms with Gasteiger partial charge in [-0.05, 0) is 0 Å². The molecular weight excluding hydrogens is 360 g/mol. The normalized spacial score (nSPS) is 10.7. The summed E-state index contributed by atoms with van der Waals surface area (Å²) in [6.45, 7) is 0.976. The second kappa shape index (κ2) is 13.1. The summed E-state index contributed by atoms with van der Waals surface area (Å²) in [5, 5.41) is 0. The first-order valence-corrected chi connectivity index (χ1v) is 8.04. The van der Waals surface area contributed by atoms with Crippen LogP contribution in [0.4, 0.5) is 17.8 Å². The quantitative estimate of drug-likeness (QED) is 0.285. The molecule has 0 unspecified atom stereocenters. The SMILES string of the molecule is COCN(CC=O)c1nc(N(COC)COC)nc(N(COC)COC)n1. The number of aromatic nitrogens is 3. The molecule has 1 aromatic rings. The van der Waals surface area contributed by atoms with Gasteiger partial charge in [0.25, 0.3) is 0 Å². The van der Waals surface area contributed by atoms with E-state index in [4.69, 9.17) is 23.7 Å². The van der Waals surface area contributed by atoms with Crippen LogP contribution in [-0.2, 0) is 28.5 Å². The molecule has 154 valence electrons. The lowest BCUT2D eigenvalue weighted by Gasteiger charge is -2.27. The van der Waals surface area contributed by atoms with Crippen LogP contribution >= 0.6 is 0 Å². The predicted molar refractivity (Wildman–Crippen MR) is 97.6 cm³/mol. The molecule has 0 aliphatic rings. The number of hydrogen-bond acceptors (Lipinski definition) is 12. The van der Waals surface area contributed by atoms with Gasteiger partial charge in [0, 0.05) is 35.5 Å². The molecule has 12 heteroatoms. The Morgan fingerprint density at radius 1 is 0.630 bits per heavy atom. The van der Waals surface area contributed by atoms with Gasteiger partial charge in [-0.1, -0.05) is 0 Å². The number of methoxy groups -OCH3 is 5. The Morgan fingerprint density at radius 3 is 1.22 bits per heavy atom. The molecule has 0 aliphatic carbocycles. The van der Waals surface area contributed by atoms with Crippen molar-refractivity contribution in [1.29, 1.82) is 0 Å². The molecule has 0 aliphatic heterocycles. The fourth-order valence-corrected chi connectivity index (χ4v) is 2.13. The summed E-state index contributed by atoms with van der Waals surface area (Å²) in [5.74, 6) is 0.879. The van der Waals surface area contributed by atoms with Gasteiger partial charge in [-0.2, -0.15) is 15.0 Å². The van der Waals surface area contributed by atoms with E-state index in [0.29, 0.717) is 11.9 Å². The van der Waals surface area contributed by atoms with Gasteiger partial charge in [-0.3, -0.25) is 9.80 Å². The van der Waals surface area contributed by atoms with E-state index in [2.05, 4.69) is 15.0 Å². The zero-order valence-electron chi connectivity index (χ0n) is 16.5. The van der Waals surface area contributed by atoms with Crippen molar-refractivity contribution < 1.29 is 28.5 Å². The van der Waals surface area contributed by atoms with Crippen LogP contribution in [0.3, 0.4) is 0 Å². The molecule has 0 N–H and O–H groups in total. The molecule has 12 nitrogen and oxygen atoms in total. The fourth-order valence-electron chi connectivity index (χ4n) is 2.13. The molecule has 0 amide bonds. The molecule has 1 heterocycles. The van der Waals surface area contributed by atoms with Crippen LogP contribution in [0.25, 0.3) is 0 Å². The Labute approximate surface area is 158 Å². The maximum absolute atomic E-state index is 11.0. The van der Waals surface area contributed by atoms with E-state index < -0.39 is 0 Å². The lowest BCUT2D eigenvalue weighted by Crippen LogP contribution is -2.35. The Hall–Kier alpha value is -2.12. The van der Waals surface area contributed by atoms with E-state index in [1.807, 2.05) is 0 Å². The molecule has 0 aromatic carbocycles. The maximum atomic E-state index is 11.0. The largest absolute Gasteiger partial charge is 0.364 e. The minimum absolute atomic E-state index is 0.0554. The molecule has 0 atom stereocenters. The van der Waals surface area contributed by atoms with Gasteiger partial charge in [0.2, 0.25) is 17.8 Å². The number of hydrogen-bond donors (Lipinski definition) is 0. The maximum Gasteiger partial charge on any atom is 0.235 e. The monoisotopic (exact) mass is 388 g/mol. The number of anilines is 3. The second-order valence-corrected chi connectivity index (χ2v) is 5.29. The number of rotatable bonds is 15. The molecule has 1 aromatic heterocycles. The van der Waals surface area contributed by atoms with Crippen molar-refractivity contribution in [2.75, 3.05) is 90.4 Å². The number of carbonyl (C=O) groups is 1. The van der Waals surface area contributed by atoms with Crippen LogP contribution in [0.15, 0.2) is 0 Å². The third kappa shape index (κ3) is 7.19. The topological polar surface area (TPSA) is 112 Å². The van der Waals surface area contributed by atoms with E-state index in [9.17, 15) is 4.79 Å². The van der Waals surface area contributed by atoms with E-state index in [1.165, 1.54) is 7.11 Å². The summed E-state index contributed by atoms with van der Waals surface area (Å²) in [7, 11) is 7.73. The van der Waals surface area contributed by atoms with Crippen LogP contribution in [-0.4, -0.2) is 97.0 Å². The van der Waals surface area contributed by atoms with Gasteiger partial charge >= 0.3 is 0 Å². The summed E-state index contributed by atoms with van der Waals surface area (Å²) in [4.78, 5) is 29.3. The molecule has 0 spiro atoms. The first-order valence-electron chi connectivity index (χ1n) is 8.04. The third-order valence-corrected chi connectivity index (χ3v) is 3.17. The Balaban J connectivity index is 3.40. The summed E-state index contributed by atoms with van der Waals surface area (Å²) in [5.41, 5.74) is 0. The van der Waals surface area contributed by atoms with Crippen molar-refractivity contribution in [3.63, 3.8) is 0 Å². The molecular formula is C15H28N6O6. The van der Waals surface area contributed by atoms with Crippen molar-refractivity contribution in [2.45, 2.75) is 0 Å². The molecule has 0 saturated heterocycles. The lowest BCUT2D eigenvalue weighted by molar-refractivity contribution is -0.106. The highest BCUT2D eigenvalue weighted by molar-refractivity contribution is 5.59. The Kier molecular flexibility index (Phi) is 11.1. The smallest absolute Gasteiger partial charge is 0.235 e. The molecule has 0 saturated carbocycles. The average Bonchev–Trinajstić information content (AvgIpc) is 2.67. The number of carbonyl (C=O) groups excluding carboxylic acids is 1. The highest BCUT2D eigenvalue weighted by Crippen LogP contribution is 2.19. The van der Waals surface area contributed by atoms with Crippen LogP contribution in [0, 0.1) is 0 Å². The first kappa shape index (κ1) is 22.9. The van der Waals surface area contributed by atoms with Gasteiger partial charge < -0.3 is 33.4 Å². The molecule has 0 radical (unpaired) electrons. The fraction of sp³-hybridized carbons (Fsp3) is 0.733. The number of nitrogens with zero attached hydrogens (tertiary/aromatic N) is 6. The summed E-state index contributed by atoms with van der Waals surface area (Å²) >= 11 is 0. The predicted octanol–water partition coefficient (Wildman–Crippen LogP) is -0.491. The van der Waals surface area contributed by atoms with Crippen molar-refractivity contribution in [1.82, 2.24) is 15.0 Å². The standard InChI is InChI=1S/C15H28N6O6/c1-23-8-19(6-7-22)13-16-14(20(9-24-2)10-25-3)18-15(17-13)21(11-26-4)12-27-5/h7H,6,8-12H2,1-5H3. The van der Waals surface area contributed by atoms with Crippen molar-refractivity contribution in [3.05, 3.63) is 0 Å². The molecule has 27 heavy (non-hydrogen) atoms. The van der Waals surface area contributed by atoms with E-state index in [1.54, 1.807) is 43.1 Å². The number of ether oxygens (including phenoxy) is 5. The van der Waals surface area contributed by atoms with Gasteiger partial charge in [-0.25, -0.2) is 0 Å². The zero-order valence-corrected chi connectivity index (χ0v) is 16.5. The minimum Gasteiger partial charge on any atom is -0.364 e. The Bertz CT molecular complexity index is 505. The highest BCUT2D eigenvalue weighted by Gasteiger charge is 2.20. The first-order chi connectivity index (χ1) is 13.1. The lowest BCUT2D eigenvalue weighted by atomic mass is 10.6. The highest BCUT2D eigenvalue weighted by atomic mass is 16.5. The summed E-state index contributed by atoms with van der Waals surface area (Å²) in [6, 6.07) is 0. The zero-order chi connectivity index (χ0) is 20.1. The van der Waals surface area contributed by atoms with E-state index >= 15 is 0 Å². The van der Waals surface area contributed by atoms with Crippen molar-refractivity contribution >= 4 is 24.1 Å². The van der Waals surface area contributed by atoms with Gasteiger partial charge in [0.05, 0.1) is 6.54 Å². The summed E-state index contributed by atoms with van der Waals surface area (Å²) in [6.07, 6.45) is 0.742. The minimum atomic E-state index is 0.0554. The third-order valence-electron chi connectivity index (χ3n) is 3.17. The van der Waals surface area contributed by atoms with Gasteiger partial charge in [0.1, 0.15) is 39.9 Å². The second-order valence-electron chi connectivity index (χ2n) is 5.29. The van der Waals surface area contributed by atoms with Crippen molar-refractivity contribution in [2.24, 2.45) is 0 Å². The van der Waals surface area contributed by atoms with Crippen LogP contribution in [0.2, 0.25) is 0 Å². The van der Waals surface area contributed by atoms with E-state index in [-0.39, 0.29) is 46.1 Å². The average molecular weight is 388 g/mol. The van der Waals surface area contributed by atoms with Gasteiger partial charge in [-0.15, -0.1) is 0 Å². The molecule has 1 rings (SSSR count). The van der Waals surface area contributed by atoms with Gasteiger partial charge in [0.15, 0.2) is 0 Å². The number of aldehydes is 1. The molecule has 0 bridgehead atoms. The van der Waals surface area contributed by atoms with Crippen LogP contribution in [0.5, 0.6) is 0 Å². The van der Waals surface area contributed by atoms with Crippen molar-refractivity contribution in [3.8, 4) is 0 Å².